The van der Waals surface area contributed by atoms with Gasteiger partial charge in [-0.15, -0.1) is 16.9 Å². The molecule has 2 fully saturated rings. The molecule has 234 valence electrons. The summed E-state index contributed by atoms with van der Waals surface area (Å²) in [4.78, 5) is 0. The normalized spacial score (nSPS) is 27.7. The smallest absolute Gasteiger partial charge is 0.248 e. The highest BCUT2D eigenvalue weighted by Crippen LogP contribution is 2.54. The Morgan fingerprint density at radius 1 is 1.05 bits per heavy atom. The number of benzene rings is 2. The Morgan fingerprint density at radius 3 is 2.33 bits per heavy atom. The largest absolute Gasteiger partial charge is 0.394 e. The minimum Gasteiger partial charge on any atom is -0.394 e. The highest BCUT2D eigenvalue weighted by molar-refractivity contribution is 8.00. The van der Waals surface area contributed by atoms with Gasteiger partial charge in [0.1, 0.15) is 35.5 Å². The Morgan fingerprint density at radius 2 is 1.70 bits per heavy atom. The molecule has 2 aromatic carbocycles. The van der Waals surface area contributed by atoms with Crippen molar-refractivity contribution in [1.29, 1.82) is 0 Å². The molecule has 1 saturated carbocycles. The molecular formula is C27H26Cl2F5N3O5S. The molecule has 16 heteroatoms. The third kappa shape index (κ3) is 6.39. The van der Waals surface area contributed by atoms with Crippen LogP contribution >= 0.6 is 35.0 Å². The lowest BCUT2D eigenvalue weighted by atomic mass is 9.78. The second-order valence-electron chi connectivity index (χ2n) is 10.7. The van der Waals surface area contributed by atoms with E-state index in [0.29, 0.717) is 17.7 Å². The van der Waals surface area contributed by atoms with E-state index >= 15 is 0 Å². The number of aliphatic hydroxyl groups excluding tert-OH is 3. The van der Waals surface area contributed by atoms with E-state index in [1.807, 2.05) is 0 Å². The molecule has 0 radical (unpaired) electrons. The SMILES string of the molecule is OC[C@H]1O[C@@H](SC(c2cccc(Cl)c2Cl)C2(O)CCC(F)(F)CC2)[C@H](O)[C@@H](n2cc(-c3cc(F)c(F)c(F)c3)nn2)[C@H]1O. The van der Waals surface area contributed by atoms with Crippen molar-refractivity contribution in [2.75, 3.05) is 6.61 Å². The van der Waals surface area contributed by atoms with Gasteiger partial charge >= 0.3 is 0 Å². The van der Waals surface area contributed by atoms with Crippen molar-refractivity contribution in [2.24, 2.45) is 0 Å². The average molecular weight is 670 g/mol. The van der Waals surface area contributed by atoms with Gasteiger partial charge in [-0.25, -0.2) is 26.6 Å². The Labute approximate surface area is 256 Å². The number of nitrogens with zero attached hydrogens (tertiary/aromatic N) is 3. The molecule has 1 unspecified atom stereocenters. The lowest BCUT2D eigenvalue weighted by molar-refractivity contribution is -0.179. The molecule has 4 N–H and O–H groups in total. The van der Waals surface area contributed by atoms with E-state index in [0.717, 1.165) is 22.6 Å². The van der Waals surface area contributed by atoms with Crippen molar-refractivity contribution >= 4 is 35.0 Å². The van der Waals surface area contributed by atoms with Crippen LogP contribution in [-0.2, 0) is 4.74 Å². The number of rotatable bonds is 7. The minimum absolute atomic E-state index is 0.0627. The lowest BCUT2D eigenvalue weighted by Crippen LogP contribution is -2.55. The predicted octanol–water partition coefficient (Wildman–Crippen LogP) is 5.06. The second kappa shape index (κ2) is 12.4. The number of aliphatic hydroxyl groups is 4. The van der Waals surface area contributed by atoms with Crippen LogP contribution in [0.2, 0.25) is 10.0 Å². The maximum Gasteiger partial charge on any atom is 0.248 e. The van der Waals surface area contributed by atoms with E-state index in [1.165, 1.54) is 6.07 Å². The molecular weight excluding hydrogens is 644 g/mol. The maximum atomic E-state index is 14.1. The van der Waals surface area contributed by atoms with Crippen molar-refractivity contribution < 1.29 is 47.1 Å². The molecule has 0 bridgehead atoms. The molecule has 6 atom stereocenters. The van der Waals surface area contributed by atoms with Gasteiger partial charge in [-0.05, 0) is 36.6 Å². The standard InChI is InChI=1S/C27H26Cl2F5N3O5S/c28-14-3-1-2-13(19(14)29)24(26(41)4-6-27(33,34)7-5-26)43-25-23(40)21(22(39)18(11-38)42-25)37-10-17(35-36-37)12-8-15(30)20(32)16(31)9-12/h1-3,8-10,18,21-25,38-41H,4-7,11H2/t18-,21+,22+,23-,24?,25+/m1/s1. The first-order chi connectivity index (χ1) is 20.2. The van der Waals surface area contributed by atoms with Gasteiger partial charge in [-0.2, -0.15) is 0 Å². The van der Waals surface area contributed by atoms with Gasteiger partial charge in [0.05, 0.1) is 33.7 Å². The predicted molar refractivity (Wildman–Crippen MR) is 147 cm³/mol. The summed E-state index contributed by atoms with van der Waals surface area (Å²) in [5, 5.41) is 51.0. The first-order valence-electron chi connectivity index (χ1n) is 13.1. The summed E-state index contributed by atoms with van der Waals surface area (Å²) in [6.07, 6.45) is -5.14. The van der Waals surface area contributed by atoms with E-state index in [2.05, 4.69) is 10.3 Å². The number of thioether (sulfide) groups is 1. The molecule has 3 aromatic rings. The monoisotopic (exact) mass is 669 g/mol. The van der Waals surface area contributed by atoms with Crippen LogP contribution in [-0.4, -0.2) is 77.3 Å². The zero-order chi connectivity index (χ0) is 31.3. The summed E-state index contributed by atoms with van der Waals surface area (Å²) in [6.45, 7) is -0.712. The summed E-state index contributed by atoms with van der Waals surface area (Å²) in [7, 11) is 0. The molecule has 0 spiro atoms. The summed E-state index contributed by atoms with van der Waals surface area (Å²) >= 11 is 13.6. The summed E-state index contributed by atoms with van der Waals surface area (Å²) < 4.78 is 76.1. The third-order valence-corrected chi connectivity index (χ3v) is 10.3. The van der Waals surface area contributed by atoms with Crippen LogP contribution in [0.5, 0.6) is 0 Å². The zero-order valence-corrected chi connectivity index (χ0v) is 24.4. The molecule has 2 aliphatic rings. The molecule has 1 aliphatic heterocycles. The van der Waals surface area contributed by atoms with Gasteiger partial charge in [0.2, 0.25) is 5.92 Å². The molecule has 43 heavy (non-hydrogen) atoms. The van der Waals surface area contributed by atoms with Crippen LogP contribution in [0, 0.1) is 17.5 Å². The van der Waals surface area contributed by atoms with Crippen LogP contribution in [0.4, 0.5) is 22.0 Å². The highest BCUT2D eigenvalue weighted by Gasteiger charge is 2.52. The fraction of sp³-hybridized carbons (Fsp3) is 0.481. The van der Waals surface area contributed by atoms with Crippen LogP contribution in [0.15, 0.2) is 36.5 Å². The van der Waals surface area contributed by atoms with Crippen LogP contribution < -0.4 is 0 Å². The number of halogens is 7. The van der Waals surface area contributed by atoms with E-state index < -0.39 is 83.5 Å². The average Bonchev–Trinajstić information content (AvgIpc) is 3.44. The number of alkyl halides is 2. The fourth-order valence-electron chi connectivity index (χ4n) is 5.41. The molecule has 0 amide bonds. The zero-order valence-electron chi connectivity index (χ0n) is 22.1. The Kier molecular flexibility index (Phi) is 9.33. The number of hydrogen-bond donors (Lipinski definition) is 4. The Hall–Kier alpha value is -2.04. The lowest BCUT2D eigenvalue weighted by Gasteiger charge is -2.46. The van der Waals surface area contributed by atoms with E-state index in [9.17, 15) is 42.4 Å². The fourth-order valence-corrected chi connectivity index (χ4v) is 7.52. The number of hydrogen-bond acceptors (Lipinski definition) is 8. The van der Waals surface area contributed by atoms with E-state index in [-0.39, 0.29) is 34.1 Å². The van der Waals surface area contributed by atoms with Gasteiger partial charge in [0, 0.05) is 18.4 Å². The number of ether oxygens (including phenoxy) is 1. The van der Waals surface area contributed by atoms with Crippen LogP contribution in [0.1, 0.15) is 42.5 Å². The molecule has 1 aliphatic carbocycles. The topological polar surface area (TPSA) is 121 Å². The van der Waals surface area contributed by atoms with Crippen LogP contribution in [0.3, 0.4) is 0 Å². The maximum absolute atomic E-state index is 14.1. The number of aromatic nitrogens is 3. The van der Waals surface area contributed by atoms with Gasteiger partial charge in [0.25, 0.3) is 0 Å². The Balaban J connectivity index is 1.49. The first-order valence-corrected chi connectivity index (χ1v) is 14.8. The Bertz CT molecular complexity index is 1450. The molecule has 1 aromatic heterocycles. The molecule has 8 nitrogen and oxygen atoms in total. The summed E-state index contributed by atoms with van der Waals surface area (Å²) in [6, 6.07) is 4.69. The van der Waals surface area contributed by atoms with Gasteiger partial charge < -0.3 is 25.2 Å². The minimum atomic E-state index is -2.97. The van der Waals surface area contributed by atoms with Crippen molar-refractivity contribution in [1.82, 2.24) is 15.0 Å². The van der Waals surface area contributed by atoms with Gasteiger partial charge in [0.15, 0.2) is 17.5 Å². The molecule has 2 heterocycles. The quantitative estimate of drug-likeness (QED) is 0.204. The van der Waals surface area contributed by atoms with Gasteiger partial charge in [-0.3, -0.25) is 0 Å². The molecule has 1 saturated heterocycles. The molecule has 5 rings (SSSR count). The summed E-state index contributed by atoms with van der Waals surface area (Å²) in [5.74, 6) is -7.57. The van der Waals surface area contributed by atoms with Crippen molar-refractivity contribution in [3.63, 3.8) is 0 Å². The highest BCUT2D eigenvalue weighted by atomic mass is 35.5. The van der Waals surface area contributed by atoms with Crippen molar-refractivity contribution in [3.8, 4) is 11.3 Å². The van der Waals surface area contributed by atoms with E-state index in [4.69, 9.17) is 27.9 Å². The second-order valence-corrected chi connectivity index (χ2v) is 12.6. The van der Waals surface area contributed by atoms with E-state index in [1.54, 1.807) is 12.1 Å². The third-order valence-electron chi connectivity index (χ3n) is 7.81. The summed E-state index contributed by atoms with van der Waals surface area (Å²) in [5.41, 5.74) is -3.02. The van der Waals surface area contributed by atoms with Crippen molar-refractivity contribution in [3.05, 3.63) is 69.6 Å². The van der Waals surface area contributed by atoms with Gasteiger partial charge in [-0.1, -0.05) is 40.5 Å². The van der Waals surface area contributed by atoms with Crippen molar-refractivity contribution in [2.45, 2.75) is 72.2 Å². The van der Waals surface area contributed by atoms with Crippen LogP contribution in [0.25, 0.3) is 11.3 Å². The first kappa shape index (κ1) is 32.4.